The maximum atomic E-state index is 12.4. The smallest absolute Gasteiger partial charge is 0.274 e. The lowest BCUT2D eigenvalue weighted by molar-refractivity contribution is 0.1000. The Bertz CT molecular complexity index is 806. The minimum absolute atomic E-state index is 0.214. The Kier molecular flexibility index (Phi) is 4.64. The van der Waals surface area contributed by atoms with Crippen LogP contribution >= 0.6 is 11.3 Å². The van der Waals surface area contributed by atoms with Gasteiger partial charge in [0.15, 0.2) is 0 Å². The lowest BCUT2D eigenvalue weighted by Gasteiger charge is -2.33. The number of anilines is 1. The predicted molar refractivity (Wildman–Crippen MR) is 100.0 cm³/mol. The molecule has 1 atom stereocenters. The van der Waals surface area contributed by atoms with Gasteiger partial charge >= 0.3 is 0 Å². The zero-order valence-corrected chi connectivity index (χ0v) is 15.6. The summed E-state index contributed by atoms with van der Waals surface area (Å²) in [6, 6.07) is 5.15. The van der Waals surface area contributed by atoms with Crippen molar-refractivity contribution in [3.8, 4) is 0 Å². The van der Waals surface area contributed by atoms with Crippen LogP contribution in [0.15, 0.2) is 24.4 Å². The molecule has 1 unspecified atom stereocenters. The molecule has 2 aromatic rings. The minimum atomic E-state index is -0.483. The SMILES string of the molecule is CC(C)(C)C1CCc2c(sc(NC(=O)c3ccccn3)c2C(N)=O)C1. The van der Waals surface area contributed by atoms with Crippen molar-refractivity contribution >= 4 is 28.2 Å². The highest BCUT2D eigenvalue weighted by atomic mass is 32.1. The van der Waals surface area contributed by atoms with Gasteiger partial charge in [0, 0.05) is 11.1 Å². The molecule has 0 radical (unpaired) electrons. The standard InChI is InChI=1S/C19H23N3O2S/c1-19(2,3)11-7-8-12-14(10-11)25-18(15(12)16(20)23)22-17(24)13-6-4-5-9-21-13/h4-6,9,11H,7-8,10H2,1-3H3,(H2,20,23)(H,22,24). The third-order valence-corrected chi connectivity index (χ3v) is 6.03. The van der Waals surface area contributed by atoms with E-state index in [1.165, 1.54) is 11.3 Å². The molecule has 0 aromatic carbocycles. The molecule has 3 N–H and O–H groups in total. The Balaban J connectivity index is 1.92. The first-order chi connectivity index (χ1) is 11.8. The Hall–Kier alpha value is -2.21. The van der Waals surface area contributed by atoms with E-state index in [9.17, 15) is 9.59 Å². The first kappa shape index (κ1) is 17.6. The van der Waals surface area contributed by atoms with Gasteiger partial charge in [0.2, 0.25) is 0 Å². The van der Waals surface area contributed by atoms with E-state index in [1.807, 2.05) is 0 Å². The molecule has 0 bridgehead atoms. The van der Waals surface area contributed by atoms with Crippen molar-refractivity contribution < 1.29 is 9.59 Å². The normalized spacial score (nSPS) is 17.0. The molecule has 0 saturated carbocycles. The molecule has 0 fully saturated rings. The van der Waals surface area contributed by atoms with E-state index >= 15 is 0 Å². The second-order valence-electron chi connectivity index (χ2n) is 7.55. The van der Waals surface area contributed by atoms with Crippen LogP contribution in [0.3, 0.4) is 0 Å². The highest BCUT2D eigenvalue weighted by Crippen LogP contribution is 2.44. The summed E-state index contributed by atoms with van der Waals surface area (Å²) in [4.78, 5) is 29.6. The number of nitrogens with zero attached hydrogens (tertiary/aromatic N) is 1. The quantitative estimate of drug-likeness (QED) is 0.879. The summed E-state index contributed by atoms with van der Waals surface area (Å²) in [5.41, 5.74) is 7.63. The molecule has 3 rings (SSSR count). The van der Waals surface area contributed by atoms with E-state index in [2.05, 4.69) is 31.1 Å². The van der Waals surface area contributed by atoms with Crippen LogP contribution in [0.5, 0.6) is 0 Å². The van der Waals surface area contributed by atoms with Gasteiger partial charge in [0.1, 0.15) is 10.7 Å². The number of primary amides is 1. The van der Waals surface area contributed by atoms with Crippen molar-refractivity contribution in [3.05, 3.63) is 46.1 Å². The van der Waals surface area contributed by atoms with E-state index in [1.54, 1.807) is 24.4 Å². The van der Waals surface area contributed by atoms with Gasteiger partial charge in [-0.05, 0) is 48.3 Å². The van der Waals surface area contributed by atoms with Crippen LogP contribution in [0.1, 0.15) is 58.5 Å². The average Bonchev–Trinajstić information content (AvgIpc) is 2.91. The second-order valence-corrected chi connectivity index (χ2v) is 8.65. The lowest BCUT2D eigenvalue weighted by Crippen LogP contribution is -2.27. The number of nitrogens with one attached hydrogen (secondary N) is 1. The predicted octanol–water partition coefficient (Wildman–Crippen LogP) is 3.65. The van der Waals surface area contributed by atoms with Crippen LogP contribution in [0.4, 0.5) is 5.00 Å². The van der Waals surface area contributed by atoms with Gasteiger partial charge in [-0.25, -0.2) is 0 Å². The maximum absolute atomic E-state index is 12.4. The number of aromatic nitrogens is 1. The molecule has 132 valence electrons. The summed E-state index contributed by atoms with van der Waals surface area (Å²) in [7, 11) is 0. The molecule has 0 saturated heterocycles. The van der Waals surface area contributed by atoms with Crippen molar-refractivity contribution in [1.82, 2.24) is 4.98 Å². The van der Waals surface area contributed by atoms with E-state index < -0.39 is 5.91 Å². The van der Waals surface area contributed by atoms with E-state index in [-0.39, 0.29) is 11.3 Å². The van der Waals surface area contributed by atoms with Crippen molar-refractivity contribution in [2.75, 3.05) is 5.32 Å². The van der Waals surface area contributed by atoms with Gasteiger partial charge in [-0.2, -0.15) is 0 Å². The number of nitrogens with two attached hydrogens (primary N) is 1. The molecular formula is C19H23N3O2S. The number of fused-ring (bicyclic) bond motifs is 1. The monoisotopic (exact) mass is 357 g/mol. The van der Waals surface area contributed by atoms with Crippen LogP contribution in [-0.2, 0) is 12.8 Å². The first-order valence-electron chi connectivity index (χ1n) is 8.44. The molecular weight excluding hydrogens is 334 g/mol. The molecule has 25 heavy (non-hydrogen) atoms. The average molecular weight is 357 g/mol. The van der Waals surface area contributed by atoms with Gasteiger partial charge in [0.25, 0.3) is 11.8 Å². The van der Waals surface area contributed by atoms with E-state index in [0.717, 1.165) is 29.7 Å². The van der Waals surface area contributed by atoms with Crippen molar-refractivity contribution in [2.24, 2.45) is 17.1 Å². The summed E-state index contributed by atoms with van der Waals surface area (Å²) >= 11 is 1.47. The lowest BCUT2D eigenvalue weighted by atomic mass is 9.72. The molecule has 2 aromatic heterocycles. The third-order valence-electron chi connectivity index (χ3n) is 4.86. The Labute approximate surface area is 151 Å². The van der Waals surface area contributed by atoms with Crippen LogP contribution in [0.2, 0.25) is 0 Å². The highest BCUT2D eigenvalue weighted by molar-refractivity contribution is 7.17. The number of thiophene rings is 1. The number of carbonyl (C=O) groups excluding carboxylic acids is 2. The van der Waals surface area contributed by atoms with Crippen molar-refractivity contribution in [3.63, 3.8) is 0 Å². The Morgan fingerprint density at radius 2 is 2.08 bits per heavy atom. The van der Waals surface area contributed by atoms with Gasteiger partial charge < -0.3 is 11.1 Å². The van der Waals surface area contributed by atoms with Crippen LogP contribution in [0, 0.1) is 11.3 Å². The first-order valence-corrected chi connectivity index (χ1v) is 9.25. The fourth-order valence-corrected chi connectivity index (χ4v) is 4.67. The van der Waals surface area contributed by atoms with Gasteiger partial charge in [0.05, 0.1) is 5.56 Å². The molecule has 6 heteroatoms. The number of pyridine rings is 1. The molecule has 0 aliphatic heterocycles. The largest absolute Gasteiger partial charge is 0.365 e. The Morgan fingerprint density at radius 3 is 2.68 bits per heavy atom. The van der Waals surface area contributed by atoms with Crippen LogP contribution in [0.25, 0.3) is 0 Å². The third kappa shape index (κ3) is 3.58. The molecule has 2 amide bonds. The molecule has 1 aliphatic carbocycles. The number of hydrogen-bond donors (Lipinski definition) is 2. The van der Waals surface area contributed by atoms with Crippen LogP contribution < -0.4 is 11.1 Å². The summed E-state index contributed by atoms with van der Waals surface area (Å²) in [6.45, 7) is 6.74. The molecule has 0 spiro atoms. The van der Waals surface area contributed by atoms with Gasteiger partial charge in [-0.1, -0.05) is 26.8 Å². The van der Waals surface area contributed by atoms with E-state index in [0.29, 0.717) is 22.2 Å². The topological polar surface area (TPSA) is 85.1 Å². The summed E-state index contributed by atoms with van der Waals surface area (Å²) in [5.74, 6) is -0.254. The fraction of sp³-hybridized carbons (Fsp3) is 0.421. The summed E-state index contributed by atoms with van der Waals surface area (Å²) in [5, 5.41) is 3.38. The number of hydrogen-bond acceptors (Lipinski definition) is 4. The molecule has 2 heterocycles. The number of carbonyl (C=O) groups is 2. The highest BCUT2D eigenvalue weighted by Gasteiger charge is 2.33. The number of amides is 2. The minimum Gasteiger partial charge on any atom is -0.365 e. The Morgan fingerprint density at radius 1 is 1.32 bits per heavy atom. The van der Waals surface area contributed by atoms with Crippen molar-refractivity contribution in [2.45, 2.75) is 40.0 Å². The summed E-state index contributed by atoms with van der Waals surface area (Å²) < 4.78 is 0. The molecule has 5 nitrogen and oxygen atoms in total. The van der Waals surface area contributed by atoms with Crippen LogP contribution in [-0.4, -0.2) is 16.8 Å². The fourth-order valence-electron chi connectivity index (χ4n) is 3.34. The van der Waals surface area contributed by atoms with E-state index in [4.69, 9.17) is 5.73 Å². The number of rotatable bonds is 3. The maximum Gasteiger partial charge on any atom is 0.274 e. The van der Waals surface area contributed by atoms with Crippen molar-refractivity contribution in [1.29, 1.82) is 0 Å². The van der Waals surface area contributed by atoms with Gasteiger partial charge in [-0.3, -0.25) is 14.6 Å². The summed E-state index contributed by atoms with van der Waals surface area (Å²) in [6.07, 6.45) is 4.34. The van der Waals surface area contributed by atoms with Gasteiger partial charge in [-0.15, -0.1) is 11.3 Å². The zero-order chi connectivity index (χ0) is 18.2. The molecule has 1 aliphatic rings. The second kappa shape index (κ2) is 6.59. The zero-order valence-electron chi connectivity index (χ0n) is 14.8.